The van der Waals surface area contributed by atoms with E-state index in [1.807, 2.05) is 49.4 Å². The van der Waals surface area contributed by atoms with Crippen molar-refractivity contribution in [3.05, 3.63) is 77.0 Å². The lowest BCUT2D eigenvalue weighted by molar-refractivity contribution is -0.139. The van der Waals surface area contributed by atoms with Gasteiger partial charge in [0.1, 0.15) is 11.8 Å². The molecule has 0 bridgehead atoms. The van der Waals surface area contributed by atoms with Crippen molar-refractivity contribution < 1.29 is 14.3 Å². The molecule has 1 aromatic heterocycles. The minimum atomic E-state index is -0.445. The summed E-state index contributed by atoms with van der Waals surface area (Å²) in [5.41, 5.74) is 3.32. The summed E-state index contributed by atoms with van der Waals surface area (Å²) in [4.78, 5) is 17.5. The van der Waals surface area contributed by atoms with Crippen LogP contribution in [-0.4, -0.2) is 34.5 Å². The van der Waals surface area contributed by atoms with Gasteiger partial charge in [0, 0.05) is 11.4 Å². The van der Waals surface area contributed by atoms with Crippen LogP contribution in [0.2, 0.25) is 0 Å². The highest BCUT2D eigenvalue weighted by Gasteiger charge is 2.35. The topological polar surface area (TPSA) is 78.3 Å². The summed E-state index contributed by atoms with van der Waals surface area (Å²) in [5.74, 6) is 1.73. The smallest absolute Gasteiger partial charge is 0.338 e. The fourth-order valence-electron chi connectivity index (χ4n) is 3.48. The van der Waals surface area contributed by atoms with Crippen LogP contribution < -0.4 is 10.1 Å². The molecule has 0 aliphatic carbocycles. The Bertz CT molecular complexity index is 1090. The van der Waals surface area contributed by atoms with E-state index >= 15 is 0 Å². The second-order valence-electron chi connectivity index (χ2n) is 7.00. The number of nitrogens with one attached hydrogen (secondary N) is 1. The van der Waals surface area contributed by atoms with E-state index < -0.39 is 6.04 Å². The molecule has 0 saturated heterocycles. The SMILES string of the molecule is CCOC(=O)C1=C(C)Nc2nc(SCc3ccccc3)nn2[C@H]1c1ccc(OC)cc1. The predicted molar refractivity (Wildman–Crippen MR) is 120 cm³/mol. The Kier molecular flexibility index (Phi) is 6.27. The fourth-order valence-corrected chi connectivity index (χ4v) is 4.27. The van der Waals surface area contributed by atoms with Crippen LogP contribution in [0, 0.1) is 0 Å². The number of rotatable bonds is 7. The normalized spacial score (nSPS) is 15.3. The van der Waals surface area contributed by atoms with Gasteiger partial charge in [-0.1, -0.05) is 54.2 Å². The number of allylic oxidation sites excluding steroid dienone is 1. The molecule has 0 spiro atoms. The zero-order chi connectivity index (χ0) is 21.8. The first-order chi connectivity index (χ1) is 15.1. The van der Waals surface area contributed by atoms with Gasteiger partial charge in [-0.05, 0) is 37.1 Å². The van der Waals surface area contributed by atoms with Crippen molar-refractivity contribution >= 4 is 23.7 Å². The summed E-state index contributed by atoms with van der Waals surface area (Å²) in [6.45, 7) is 3.96. The Morgan fingerprint density at radius 1 is 1.16 bits per heavy atom. The molecule has 0 saturated carbocycles. The zero-order valence-electron chi connectivity index (χ0n) is 17.7. The number of hydrogen-bond donors (Lipinski definition) is 1. The summed E-state index contributed by atoms with van der Waals surface area (Å²) >= 11 is 1.55. The van der Waals surface area contributed by atoms with E-state index in [9.17, 15) is 4.79 Å². The maximum atomic E-state index is 12.8. The number of esters is 1. The molecule has 160 valence electrons. The van der Waals surface area contributed by atoms with Gasteiger partial charge in [-0.2, -0.15) is 4.98 Å². The molecule has 0 unspecified atom stereocenters. The molecular weight excluding hydrogens is 412 g/mol. The number of ether oxygens (including phenoxy) is 2. The second kappa shape index (κ2) is 9.26. The highest BCUT2D eigenvalue weighted by atomic mass is 32.2. The lowest BCUT2D eigenvalue weighted by atomic mass is 9.96. The van der Waals surface area contributed by atoms with Crippen molar-refractivity contribution in [2.75, 3.05) is 19.0 Å². The number of aromatic nitrogens is 3. The van der Waals surface area contributed by atoms with Crippen molar-refractivity contribution in [1.29, 1.82) is 0 Å². The van der Waals surface area contributed by atoms with E-state index in [1.165, 1.54) is 5.56 Å². The third-order valence-corrected chi connectivity index (χ3v) is 5.88. The van der Waals surface area contributed by atoms with Gasteiger partial charge in [0.2, 0.25) is 11.1 Å². The lowest BCUT2D eigenvalue weighted by Crippen LogP contribution is -2.29. The maximum Gasteiger partial charge on any atom is 0.338 e. The Balaban J connectivity index is 1.70. The third kappa shape index (κ3) is 4.44. The standard InChI is InChI=1S/C23H24N4O3S/c1-4-30-21(28)19-15(2)24-22-25-23(31-14-16-8-6-5-7-9-16)26-27(22)20(19)17-10-12-18(29-3)13-11-17/h5-13,20H,4,14H2,1-3H3,(H,24,25,26)/t20-/m0/s1. The largest absolute Gasteiger partial charge is 0.497 e. The van der Waals surface area contributed by atoms with Gasteiger partial charge in [0.25, 0.3) is 0 Å². The number of fused-ring (bicyclic) bond motifs is 1. The Labute approximate surface area is 185 Å². The van der Waals surface area contributed by atoms with Crippen LogP contribution in [-0.2, 0) is 15.3 Å². The Hall–Kier alpha value is -3.26. The summed E-state index contributed by atoms with van der Waals surface area (Å²) in [6.07, 6.45) is 0. The average Bonchev–Trinajstić information content (AvgIpc) is 3.20. The van der Waals surface area contributed by atoms with Crippen molar-refractivity contribution in [1.82, 2.24) is 14.8 Å². The number of carbonyl (C=O) groups is 1. The number of thioether (sulfide) groups is 1. The molecule has 1 aliphatic heterocycles. The summed E-state index contributed by atoms with van der Waals surface area (Å²) in [6, 6.07) is 17.3. The first-order valence-electron chi connectivity index (χ1n) is 10.0. The lowest BCUT2D eigenvalue weighted by Gasteiger charge is -2.28. The summed E-state index contributed by atoms with van der Waals surface area (Å²) in [7, 11) is 1.62. The number of anilines is 1. The van der Waals surface area contributed by atoms with E-state index in [0.717, 1.165) is 17.1 Å². The fraction of sp³-hybridized carbons (Fsp3) is 0.261. The Morgan fingerprint density at radius 3 is 2.58 bits per heavy atom. The number of carbonyl (C=O) groups excluding carboxylic acids is 1. The minimum Gasteiger partial charge on any atom is -0.497 e. The van der Waals surface area contributed by atoms with Crippen LogP contribution in [0.15, 0.2) is 71.0 Å². The average molecular weight is 437 g/mol. The molecular formula is C23H24N4O3S. The molecule has 3 aromatic rings. The molecule has 31 heavy (non-hydrogen) atoms. The first kappa shape index (κ1) is 21.0. The monoisotopic (exact) mass is 436 g/mol. The predicted octanol–water partition coefficient (Wildman–Crippen LogP) is 4.43. The van der Waals surface area contributed by atoms with Crippen LogP contribution in [0.1, 0.15) is 31.0 Å². The molecule has 0 fully saturated rings. The molecule has 1 aliphatic rings. The number of nitrogens with zero attached hydrogens (tertiary/aromatic N) is 3. The zero-order valence-corrected chi connectivity index (χ0v) is 18.5. The summed E-state index contributed by atoms with van der Waals surface area (Å²) in [5, 5.41) is 8.59. The van der Waals surface area contributed by atoms with Crippen molar-refractivity contribution in [3.63, 3.8) is 0 Å². The van der Waals surface area contributed by atoms with Gasteiger partial charge >= 0.3 is 5.97 Å². The van der Waals surface area contributed by atoms with Gasteiger partial charge in [0.15, 0.2) is 0 Å². The molecule has 0 radical (unpaired) electrons. The number of benzene rings is 2. The van der Waals surface area contributed by atoms with Gasteiger partial charge in [0.05, 0.1) is 19.3 Å². The molecule has 2 heterocycles. The Morgan fingerprint density at radius 2 is 1.90 bits per heavy atom. The van der Waals surface area contributed by atoms with Crippen LogP contribution in [0.3, 0.4) is 0 Å². The molecule has 1 N–H and O–H groups in total. The van der Waals surface area contributed by atoms with Crippen LogP contribution in [0.5, 0.6) is 5.75 Å². The highest BCUT2D eigenvalue weighted by Crippen LogP contribution is 2.37. The number of methoxy groups -OCH3 is 1. The van der Waals surface area contributed by atoms with Crippen LogP contribution in [0.25, 0.3) is 0 Å². The van der Waals surface area contributed by atoms with Gasteiger partial charge in [-0.25, -0.2) is 9.48 Å². The molecule has 1 atom stereocenters. The van der Waals surface area contributed by atoms with E-state index in [-0.39, 0.29) is 5.97 Å². The third-order valence-electron chi connectivity index (χ3n) is 4.97. The van der Waals surface area contributed by atoms with E-state index in [2.05, 4.69) is 22.4 Å². The van der Waals surface area contributed by atoms with Crippen molar-refractivity contribution in [2.24, 2.45) is 0 Å². The highest BCUT2D eigenvalue weighted by molar-refractivity contribution is 7.98. The minimum absolute atomic E-state index is 0.299. The van der Waals surface area contributed by atoms with E-state index in [4.69, 9.17) is 14.6 Å². The van der Waals surface area contributed by atoms with E-state index in [1.54, 1.807) is 30.5 Å². The molecule has 2 aromatic carbocycles. The quantitative estimate of drug-likeness (QED) is 0.434. The van der Waals surface area contributed by atoms with E-state index in [0.29, 0.717) is 29.0 Å². The molecule has 0 amide bonds. The van der Waals surface area contributed by atoms with Gasteiger partial charge < -0.3 is 14.8 Å². The van der Waals surface area contributed by atoms with Crippen molar-refractivity contribution in [3.8, 4) is 5.75 Å². The first-order valence-corrected chi connectivity index (χ1v) is 11.0. The van der Waals surface area contributed by atoms with Gasteiger partial charge in [-0.15, -0.1) is 5.10 Å². The molecule has 8 heteroatoms. The summed E-state index contributed by atoms with van der Waals surface area (Å²) < 4.78 is 12.4. The van der Waals surface area contributed by atoms with Crippen LogP contribution >= 0.6 is 11.8 Å². The van der Waals surface area contributed by atoms with Crippen molar-refractivity contribution in [2.45, 2.75) is 30.8 Å². The van der Waals surface area contributed by atoms with Gasteiger partial charge in [-0.3, -0.25) is 0 Å². The number of hydrogen-bond acceptors (Lipinski definition) is 7. The second-order valence-corrected chi connectivity index (χ2v) is 7.94. The van der Waals surface area contributed by atoms with Crippen LogP contribution in [0.4, 0.5) is 5.95 Å². The molecule has 4 rings (SSSR count). The molecule has 7 nitrogen and oxygen atoms in total. The maximum absolute atomic E-state index is 12.8.